The van der Waals surface area contributed by atoms with Crippen LogP contribution in [-0.4, -0.2) is 46.5 Å². The van der Waals surface area contributed by atoms with Crippen molar-refractivity contribution in [2.24, 2.45) is 5.73 Å². The molecule has 0 aromatic rings. The second kappa shape index (κ2) is 4.41. The highest BCUT2D eigenvalue weighted by molar-refractivity contribution is 6.00. The average molecular weight is 254 g/mol. The Morgan fingerprint density at radius 1 is 1.56 bits per heavy atom. The molecule has 18 heavy (non-hydrogen) atoms. The van der Waals surface area contributed by atoms with Gasteiger partial charge in [-0.15, -0.1) is 0 Å². The van der Waals surface area contributed by atoms with Crippen molar-refractivity contribution in [3.8, 4) is 0 Å². The Kier molecular flexibility index (Phi) is 3.08. The number of amides is 1. The van der Waals surface area contributed by atoms with E-state index in [0.29, 0.717) is 18.4 Å². The molecule has 0 radical (unpaired) electrons. The van der Waals surface area contributed by atoms with Gasteiger partial charge in [-0.3, -0.25) is 14.5 Å². The van der Waals surface area contributed by atoms with Crippen LogP contribution in [0.25, 0.3) is 0 Å². The molecule has 0 saturated carbocycles. The maximum Gasteiger partial charge on any atom is 0.352 e. The number of carbonyl (C=O) groups excluding carboxylic acids is 2. The zero-order valence-corrected chi connectivity index (χ0v) is 9.88. The van der Waals surface area contributed by atoms with Gasteiger partial charge in [0.1, 0.15) is 18.3 Å². The van der Waals surface area contributed by atoms with Crippen LogP contribution in [-0.2, 0) is 19.1 Å². The summed E-state index contributed by atoms with van der Waals surface area (Å²) in [6.07, 6.45) is 1.07. The van der Waals surface area contributed by atoms with Gasteiger partial charge in [0.05, 0.1) is 6.04 Å². The topological polar surface area (TPSA) is 110 Å². The van der Waals surface area contributed by atoms with Crippen LogP contribution < -0.4 is 5.73 Å². The Morgan fingerprint density at radius 2 is 2.22 bits per heavy atom. The molecule has 1 fully saturated rings. The number of nitrogens with zero attached hydrogens (tertiary/aromatic N) is 1. The van der Waals surface area contributed by atoms with Gasteiger partial charge in [0.15, 0.2) is 0 Å². The van der Waals surface area contributed by atoms with E-state index in [2.05, 4.69) is 0 Å². The van der Waals surface area contributed by atoms with Crippen LogP contribution in [0.4, 0.5) is 0 Å². The van der Waals surface area contributed by atoms with Gasteiger partial charge in [0.2, 0.25) is 5.91 Å². The fourth-order valence-electron chi connectivity index (χ4n) is 2.35. The summed E-state index contributed by atoms with van der Waals surface area (Å²) in [6, 6.07) is -0.862. The van der Waals surface area contributed by atoms with E-state index in [-0.39, 0.29) is 18.3 Å². The van der Waals surface area contributed by atoms with E-state index >= 15 is 0 Å². The van der Waals surface area contributed by atoms with Gasteiger partial charge < -0.3 is 15.6 Å². The zero-order chi connectivity index (χ0) is 13.4. The van der Waals surface area contributed by atoms with Gasteiger partial charge in [0, 0.05) is 6.92 Å². The highest BCUT2D eigenvalue weighted by Gasteiger charge is 2.50. The molecule has 1 amide bonds. The van der Waals surface area contributed by atoms with Crippen molar-refractivity contribution in [1.82, 2.24) is 4.90 Å². The van der Waals surface area contributed by atoms with Crippen molar-refractivity contribution in [2.75, 3.05) is 6.61 Å². The standard InChI is InChI=1S/C11H14N2O5/c1-5(14)18-4-6-2-3-7-8(12)10(15)13(7)9(6)11(16)17/h7-8H,2-4,12H2,1H3,(H,16,17)/t7-,8+/m1/s1. The summed E-state index contributed by atoms with van der Waals surface area (Å²) in [5, 5.41) is 9.17. The van der Waals surface area contributed by atoms with Gasteiger partial charge in [-0.05, 0) is 18.4 Å². The lowest BCUT2D eigenvalue weighted by molar-refractivity contribution is -0.153. The summed E-state index contributed by atoms with van der Waals surface area (Å²) in [6.45, 7) is 1.15. The summed E-state index contributed by atoms with van der Waals surface area (Å²) in [5.41, 5.74) is 5.98. The van der Waals surface area contributed by atoms with E-state index in [0.717, 1.165) is 0 Å². The Balaban J connectivity index is 2.26. The summed E-state index contributed by atoms with van der Waals surface area (Å²) in [7, 11) is 0. The Hall–Kier alpha value is -1.89. The van der Waals surface area contributed by atoms with Crippen LogP contribution in [0.3, 0.4) is 0 Å². The minimum Gasteiger partial charge on any atom is -0.477 e. The second-order valence-electron chi connectivity index (χ2n) is 4.38. The van der Waals surface area contributed by atoms with Gasteiger partial charge in [-0.1, -0.05) is 0 Å². The van der Waals surface area contributed by atoms with E-state index < -0.39 is 23.9 Å². The van der Waals surface area contributed by atoms with Crippen LogP contribution in [0.15, 0.2) is 11.3 Å². The predicted octanol–water partition coefficient (Wildman–Crippen LogP) is -0.780. The van der Waals surface area contributed by atoms with Crippen molar-refractivity contribution in [2.45, 2.75) is 31.8 Å². The number of β-lactam (4-membered cyclic amide) rings is 1. The minimum atomic E-state index is -1.19. The lowest BCUT2D eigenvalue weighted by atomic mass is 9.84. The molecule has 0 aromatic heterocycles. The van der Waals surface area contributed by atoms with Gasteiger partial charge in [-0.2, -0.15) is 0 Å². The highest BCUT2D eigenvalue weighted by Crippen LogP contribution is 2.35. The molecule has 2 aliphatic rings. The summed E-state index contributed by atoms with van der Waals surface area (Å²) in [4.78, 5) is 34.8. The number of hydrogen-bond donors (Lipinski definition) is 2. The SMILES string of the molecule is CC(=O)OCC1=C(C(=O)O)N2C(=O)[C@@H](N)[C@H]2CC1. The lowest BCUT2D eigenvalue weighted by Crippen LogP contribution is -2.69. The third kappa shape index (κ3) is 1.86. The Labute approximate surface area is 103 Å². The summed E-state index contributed by atoms with van der Waals surface area (Å²) in [5.74, 6) is -2.07. The van der Waals surface area contributed by atoms with Crippen molar-refractivity contribution >= 4 is 17.8 Å². The van der Waals surface area contributed by atoms with E-state index in [4.69, 9.17) is 15.6 Å². The first-order valence-electron chi connectivity index (χ1n) is 5.60. The van der Waals surface area contributed by atoms with E-state index in [9.17, 15) is 14.4 Å². The predicted molar refractivity (Wildman–Crippen MR) is 59.1 cm³/mol. The van der Waals surface area contributed by atoms with Crippen LogP contribution in [0, 0.1) is 0 Å². The third-order valence-electron chi connectivity index (χ3n) is 3.24. The molecule has 7 heteroatoms. The number of nitrogens with two attached hydrogens (primary N) is 1. The molecule has 0 aromatic carbocycles. The number of ether oxygens (including phenoxy) is 1. The largest absolute Gasteiger partial charge is 0.477 e. The number of carbonyl (C=O) groups is 3. The smallest absolute Gasteiger partial charge is 0.352 e. The molecule has 0 aliphatic carbocycles. The number of hydrogen-bond acceptors (Lipinski definition) is 5. The molecular formula is C11H14N2O5. The van der Waals surface area contributed by atoms with Gasteiger partial charge in [-0.25, -0.2) is 4.79 Å². The quantitative estimate of drug-likeness (QED) is 0.505. The number of rotatable bonds is 3. The van der Waals surface area contributed by atoms with Crippen molar-refractivity contribution in [3.05, 3.63) is 11.3 Å². The third-order valence-corrected chi connectivity index (χ3v) is 3.24. The van der Waals surface area contributed by atoms with Crippen molar-refractivity contribution in [1.29, 1.82) is 0 Å². The maximum absolute atomic E-state index is 11.6. The molecule has 2 aliphatic heterocycles. The monoisotopic (exact) mass is 254 g/mol. The summed E-state index contributed by atoms with van der Waals surface area (Å²) < 4.78 is 4.80. The Bertz CT molecular complexity index is 456. The first-order valence-corrected chi connectivity index (χ1v) is 5.60. The molecule has 7 nitrogen and oxygen atoms in total. The molecule has 2 rings (SSSR count). The van der Waals surface area contributed by atoms with Gasteiger partial charge >= 0.3 is 11.9 Å². The van der Waals surface area contributed by atoms with E-state index in [1.54, 1.807) is 0 Å². The maximum atomic E-state index is 11.6. The first-order chi connectivity index (χ1) is 8.43. The fourth-order valence-corrected chi connectivity index (χ4v) is 2.35. The molecule has 3 N–H and O–H groups in total. The highest BCUT2D eigenvalue weighted by atomic mass is 16.5. The van der Waals surface area contributed by atoms with E-state index in [1.807, 2.05) is 0 Å². The molecule has 1 saturated heterocycles. The van der Waals surface area contributed by atoms with Crippen LogP contribution in [0.5, 0.6) is 0 Å². The Morgan fingerprint density at radius 3 is 2.78 bits per heavy atom. The van der Waals surface area contributed by atoms with Crippen LogP contribution in [0.2, 0.25) is 0 Å². The van der Waals surface area contributed by atoms with Crippen LogP contribution >= 0.6 is 0 Å². The van der Waals surface area contributed by atoms with Crippen molar-refractivity contribution in [3.63, 3.8) is 0 Å². The number of esters is 1. The van der Waals surface area contributed by atoms with E-state index in [1.165, 1.54) is 11.8 Å². The number of aliphatic carboxylic acids is 1. The minimum absolute atomic E-state index is 0.0841. The molecular weight excluding hydrogens is 240 g/mol. The van der Waals surface area contributed by atoms with Gasteiger partial charge in [0.25, 0.3) is 0 Å². The molecule has 0 unspecified atom stereocenters. The van der Waals surface area contributed by atoms with Crippen LogP contribution in [0.1, 0.15) is 19.8 Å². The molecule has 2 atom stereocenters. The number of carboxylic acid groups (broad SMARTS) is 1. The fraction of sp³-hybridized carbons (Fsp3) is 0.545. The molecule has 2 heterocycles. The molecule has 0 bridgehead atoms. The lowest BCUT2D eigenvalue weighted by Gasteiger charge is -2.48. The second-order valence-corrected chi connectivity index (χ2v) is 4.38. The number of fused-ring (bicyclic) bond motifs is 1. The first kappa shape index (κ1) is 12.6. The summed E-state index contributed by atoms with van der Waals surface area (Å²) >= 11 is 0. The number of carboxylic acids is 1. The molecule has 98 valence electrons. The average Bonchev–Trinajstić information content (AvgIpc) is 2.33. The zero-order valence-electron chi connectivity index (χ0n) is 9.88. The normalized spacial score (nSPS) is 26.6. The molecule has 0 spiro atoms. The van der Waals surface area contributed by atoms with Crippen molar-refractivity contribution < 1.29 is 24.2 Å².